The zero-order valence-electron chi connectivity index (χ0n) is 17.7. The van der Waals surface area contributed by atoms with Crippen molar-refractivity contribution in [3.8, 4) is 0 Å². The Balaban J connectivity index is 2.34. The summed E-state index contributed by atoms with van der Waals surface area (Å²) >= 11 is 0. The quantitative estimate of drug-likeness (QED) is 0.496. The summed E-state index contributed by atoms with van der Waals surface area (Å²) in [6.07, 6.45) is -3.28. The molecule has 0 radical (unpaired) electrons. The number of halogens is 3. The molecule has 0 aliphatic heterocycles. The predicted molar refractivity (Wildman–Crippen MR) is 114 cm³/mol. The number of carbonyl (C=O) groups excluding carboxylic acids is 2. The molecule has 1 amide bonds. The van der Waals surface area contributed by atoms with Gasteiger partial charge in [-0.05, 0) is 30.2 Å². The van der Waals surface area contributed by atoms with Gasteiger partial charge in [0.15, 0.2) is 5.78 Å². The van der Waals surface area contributed by atoms with E-state index in [0.29, 0.717) is 35.0 Å². The third kappa shape index (κ3) is 4.36. The Labute approximate surface area is 178 Å². The molecule has 1 heterocycles. The van der Waals surface area contributed by atoms with Crippen LogP contribution in [0.5, 0.6) is 0 Å². The van der Waals surface area contributed by atoms with Crippen LogP contribution in [0.2, 0.25) is 0 Å². The lowest BCUT2D eigenvalue weighted by Gasteiger charge is -2.17. The Morgan fingerprint density at radius 3 is 2.35 bits per heavy atom. The molecule has 31 heavy (non-hydrogen) atoms. The minimum absolute atomic E-state index is 0.0743. The standard InChI is InChI=1S/C24H25F3N2O2/c1-4-7-19-21(22(30)14(2)3)17-11-10-15(23(28)31)12-20(17)29(19)13-16-8-5-6-9-18(16)24(25,26)27/h5-6,8-12,14H,4,7,13H2,1-3H3,(H2,28,31). The topological polar surface area (TPSA) is 65.1 Å². The molecule has 0 aliphatic carbocycles. The number of ketones is 1. The lowest BCUT2D eigenvalue weighted by atomic mass is 9.96. The first kappa shape index (κ1) is 22.6. The van der Waals surface area contributed by atoms with Crippen LogP contribution in [0.3, 0.4) is 0 Å². The minimum atomic E-state index is -4.50. The number of carbonyl (C=O) groups is 2. The zero-order valence-corrected chi connectivity index (χ0v) is 17.7. The van der Waals surface area contributed by atoms with Crippen molar-refractivity contribution < 1.29 is 22.8 Å². The highest BCUT2D eigenvalue weighted by Crippen LogP contribution is 2.35. The van der Waals surface area contributed by atoms with Crippen molar-refractivity contribution >= 4 is 22.6 Å². The first-order valence-corrected chi connectivity index (χ1v) is 10.2. The lowest BCUT2D eigenvalue weighted by Crippen LogP contribution is -2.15. The zero-order chi connectivity index (χ0) is 22.9. The maximum atomic E-state index is 13.6. The van der Waals surface area contributed by atoms with Crippen LogP contribution in [0.15, 0.2) is 42.5 Å². The van der Waals surface area contributed by atoms with E-state index >= 15 is 0 Å². The van der Waals surface area contributed by atoms with Crippen LogP contribution in [-0.4, -0.2) is 16.3 Å². The molecule has 0 saturated heterocycles. The van der Waals surface area contributed by atoms with Gasteiger partial charge in [-0.2, -0.15) is 13.2 Å². The molecule has 3 rings (SSSR count). The first-order chi connectivity index (χ1) is 14.6. The van der Waals surface area contributed by atoms with Crippen LogP contribution in [-0.2, 0) is 19.1 Å². The third-order valence-electron chi connectivity index (χ3n) is 5.37. The highest BCUT2D eigenvalue weighted by Gasteiger charge is 2.33. The maximum Gasteiger partial charge on any atom is 0.416 e. The van der Waals surface area contributed by atoms with Gasteiger partial charge in [-0.3, -0.25) is 9.59 Å². The molecule has 0 fully saturated rings. The molecule has 1 aromatic heterocycles. The van der Waals surface area contributed by atoms with E-state index in [-0.39, 0.29) is 29.4 Å². The molecular formula is C24H25F3N2O2. The number of hydrogen-bond donors (Lipinski definition) is 1. The Morgan fingerprint density at radius 1 is 1.10 bits per heavy atom. The predicted octanol–water partition coefficient (Wildman–Crippen LogP) is 5.60. The van der Waals surface area contributed by atoms with Gasteiger partial charge in [0.1, 0.15) is 0 Å². The number of Topliss-reactive ketones (excluding diaryl/α,β-unsaturated/α-hetero) is 1. The summed E-state index contributed by atoms with van der Waals surface area (Å²) in [6, 6.07) is 10.2. The van der Waals surface area contributed by atoms with Gasteiger partial charge in [-0.1, -0.05) is 51.5 Å². The number of benzene rings is 2. The smallest absolute Gasteiger partial charge is 0.366 e. The molecule has 2 N–H and O–H groups in total. The van der Waals surface area contributed by atoms with E-state index < -0.39 is 17.6 Å². The van der Waals surface area contributed by atoms with Crippen molar-refractivity contribution in [3.63, 3.8) is 0 Å². The molecular weight excluding hydrogens is 405 g/mol. The fourth-order valence-corrected chi connectivity index (χ4v) is 3.90. The molecule has 2 aromatic carbocycles. The lowest BCUT2D eigenvalue weighted by molar-refractivity contribution is -0.138. The summed E-state index contributed by atoms with van der Waals surface area (Å²) in [5.74, 6) is -1.00. The van der Waals surface area contributed by atoms with Crippen LogP contribution >= 0.6 is 0 Å². The van der Waals surface area contributed by atoms with E-state index in [1.807, 2.05) is 6.92 Å². The number of rotatable bonds is 7. The van der Waals surface area contributed by atoms with E-state index in [9.17, 15) is 22.8 Å². The van der Waals surface area contributed by atoms with Gasteiger partial charge < -0.3 is 10.3 Å². The van der Waals surface area contributed by atoms with Gasteiger partial charge in [0, 0.05) is 34.7 Å². The van der Waals surface area contributed by atoms with Crippen LogP contribution in [0, 0.1) is 5.92 Å². The molecule has 4 nitrogen and oxygen atoms in total. The number of amides is 1. The molecule has 7 heteroatoms. The number of primary amides is 1. The average molecular weight is 430 g/mol. The molecule has 0 aliphatic rings. The Bertz CT molecular complexity index is 1140. The van der Waals surface area contributed by atoms with Crippen molar-refractivity contribution in [1.82, 2.24) is 4.57 Å². The van der Waals surface area contributed by atoms with Crippen molar-refractivity contribution in [2.45, 2.75) is 46.3 Å². The van der Waals surface area contributed by atoms with Crippen LogP contribution in [0.1, 0.15) is 64.7 Å². The highest BCUT2D eigenvalue weighted by molar-refractivity contribution is 6.11. The van der Waals surface area contributed by atoms with Gasteiger partial charge in [0.05, 0.1) is 11.1 Å². The van der Waals surface area contributed by atoms with E-state index in [2.05, 4.69) is 0 Å². The van der Waals surface area contributed by atoms with E-state index in [1.54, 1.807) is 42.7 Å². The number of nitrogens with two attached hydrogens (primary N) is 1. The van der Waals surface area contributed by atoms with Gasteiger partial charge in [-0.25, -0.2) is 0 Å². The summed E-state index contributed by atoms with van der Waals surface area (Å²) in [5, 5.41) is 0.622. The minimum Gasteiger partial charge on any atom is -0.366 e. The van der Waals surface area contributed by atoms with E-state index in [4.69, 9.17) is 5.73 Å². The summed E-state index contributed by atoms with van der Waals surface area (Å²) in [6.45, 7) is 5.45. The second kappa shape index (κ2) is 8.57. The molecule has 164 valence electrons. The van der Waals surface area contributed by atoms with Crippen LogP contribution in [0.4, 0.5) is 13.2 Å². The molecule has 3 aromatic rings. The van der Waals surface area contributed by atoms with E-state index in [1.165, 1.54) is 12.1 Å². The summed E-state index contributed by atoms with van der Waals surface area (Å²) < 4.78 is 42.5. The number of nitrogens with zero attached hydrogens (tertiary/aromatic N) is 1. The Kier molecular flexibility index (Phi) is 6.25. The SMILES string of the molecule is CCCc1c(C(=O)C(C)C)c2ccc(C(N)=O)cc2n1Cc1ccccc1C(F)(F)F. The second-order valence-electron chi connectivity index (χ2n) is 7.93. The molecule has 0 bridgehead atoms. The van der Waals surface area contributed by atoms with Crippen LogP contribution < -0.4 is 5.73 Å². The number of aromatic nitrogens is 1. The van der Waals surface area contributed by atoms with Crippen molar-refractivity contribution in [2.24, 2.45) is 11.7 Å². The van der Waals surface area contributed by atoms with E-state index in [0.717, 1.165) is 6.07 Å². The highest BCUT2D eigenvalue weighted by atomic mass is 19.4. The van der Waals surface area contributed by atoms with Crippen LogP contribution in [0.25, 0.3) is 10.9 Å². The Hall–Kier alpha value is -3.09. The third-order valence-corrected chi connectivity index (χ3v) is 5.37. The fraction of sp³-hybridized carbons (Fsp3) is 0.333. The van der Waals surface area contributed by atoms with Gasteiger partial charge in [0.2, 0.25) is 5.91 Å². The maximum absolute atomic E-state index is 13.6. The molecule has 0 unspecified atom stereocenters. The summed E-state index contributed by atoms with van der Waals surface area (Å²) in [5.41, 5.74) is 6.76. The Morgan fingerprint density at radius 2 is 1.77 bits per heavy atom. The van der Waals surface area contributed by atoms with Crippen molar-refractivity contribution in [3.05, 3.63) is 70.4 Å². The average Bonchev–Trinajstić information content (AvgIpc) is 2.99. The summed E-state index contributed by atoms with van der Waals surface area (Å²) in [4.78, 5) is 24.8. The first-order valence-electron chi connectivity index (χ1n) is 10.2. The molecule has 0 spiro atoms. The van der Waals surface area contributed by atoms with Crippen molar-refractivity contribution in [1.29, 1.82) is 0 Å². The van der Waals surface area contributed by atoms with Crippen molar-refractivity contribution in [2.75, 3.05) is 0 Å². The number of fused-ring (bicyclic) bond motifs is 1. The molecule has 0 saturated carbocycles. The van der Waals surface area contributed by atoms with Gasteiger partial charge in [-0.15, -0.1) is 0 Å². The number of alkyl halides is 3. The molecule has 0 atom stereocenters. The van der Waals surface area contributed by atoms with Gasteiger partial charge in [0.25, 0.3) is 0 Å². The normalized spacial score (nSPS) is 12.0. The summed E-state index contributed by atoms with van der Waals surface area (Å²) in [7, 11) is 0. The largest absolute Gasteiger partial charge is 0.416 e. The second-order valence-corrected chi connectivity index (χ2v) is 7.93. The number of hydrogen-bond acceptors (Lipinski definition) is 2. The fourth-order valence-electron chi connectivity index (χ4n) is 3.90. The monoisotopic (exact) mass is 430 g/mol. The van der Waals surface area contributed by atoms with Gasteiger partial charge >= 0.3 is 6.18 Å².